The summed E-state index contributed by atoms with van der Waals surface area (Å²) in [5, 5.41) is 0. The molecule has 1 saturated heterocycles. The van der Waals surface area contributed by atoms with Gasteiger partial charge in [0.25, 0.3) is 5.91 Å². The van der Waals surface area contributed by atoms with Crippen molar-refractivity contribution in [1.82, 2.24) is 9.88 Å². The van der Waals surface area contributed by atoms with E-state index in [1.165, 1.54) is 0 Å². The molecular formula is C14H23Cl2N3O. The molecule has 1 amide bonds. The van der Waals surface area contributed by atoms with Crippen LogP contribution in [0.5, 0.6) is 0 Å². The lowest BCUT2D eigenvalue weighted by Crippen LogP contribution is -2.49. The number of piperidine rings is 1. The van der Waals surface area contributed by atoms with E-state index in [4.69, 9.17) is 5.73 Å². The van der Waals surface area contributed by atoms with Crippen LogP contribution in [-0.4, -0.2) is 34.9 Å². The second kappa shape index (κ2) is 8.45. The van der Waals surface area contributed by atoms with Gasteiger partial charge in [0.2, 0.25) is 0 Å². The molecule has 4 nitrogen and oxygen atoms in total. The van der Waals surface area contributed by atoms with E-state index in [9.17, 15) is 4.79 Å². The van der Waals surface area contributed by atoms with Gasteiger partial charge in [-0.15, -0.1) is 24.8 Å². The van der Waals surface area contributed by atoms with E-state index in [-0.39, 0.29) is 36.8 Å². The maximum atomic E-state index is 12.4. The number of hydrogen-bond acceptors (Lipinski definition) is 3. The molecule has 1 aliphatic heterocycles. The van der Waals surface area contributed by atoms with Crippen LogP contribution in [-0.2, 0) is 0 Å². The monoisotopic (exact) mass is 319 g/mol. The first-order chi connectivity index (χ1) is 8.61. The summed E-state index contributed by atoms with van der Waals surface area (Å²) in [4.78, 5) is 18.6. The summed E-state index contributed by atoms with van der Waals surface area (Å²) in [6.07, 6.45) is 2.04. The molecule has 20 heavy (non-hydrogen) atoms. The summed E-state index contributed by atoms with van der Waals surface area (Å²) in [7, 11) is 0. The number of carbonyl (C=O) groups is 1. The topological polar surface area (TPSA) is 59.2 Å². The molecule has 2 atom stereocenters. The van der Waals surface area contributed by atoms with Gasteiger partial charge < -0.3 is 10.6 Å². The average molecular weight is 320 g/mol. The van der Waals surface area contributed by atoms with Gasteiger partial charge in [-0.05, 0) is 37.8 Å². The van der Waals surface area contributed by atoms with Gasteiger partial charge >= 0.3 is 0 Å². The molecule has 0 spiro atoms. The zero-order valence-corrected chi connectivity index (χ0v) is 13.5. The minimum absolute atomic E-state index is 0. The molecule has 0 radical (unpaired) electrons. The number of hydrogen-bond donors (Lipinski definition) is 1. The highest BCUT2D eigenvalue weighted by molar-refractivity contribution is 5.92. The molecule has 0 aromatic carbocycles. The van der Waals surface area contributed by atoms with Crippen LogP contribution in [0.2, 0.25) is 0 Å². The second-order valence-electron chi connectivity index (χ2n) is 5.18. The smallest absolute Gasteiger partial charge is 0.272 e. The molecule has 0 aliphatic carbocycles. The van der Waals surface area contributed by atoms with Crippen molar-refractivity contribution in [2.75, 3.05) is 13.1 Å². The van der Waals surface area contributed by atoms with E-state index in [0.717, 1.165) is 25.1 Å². The Balaban J connectivity index is 0.00000180. The van der Waals surface area contributed by atoms with Gasteiger partial charge in [0.1, 0.15) is 5.69 Å². The van der Waals surface area contributed by atoms with Crippen LogP contribution in [0.4, 0.5) is 0 Å². The van der Waals surface area contributed by atoms with E-state index < -0.39 is 0 Å². The van der Waals surface area contributed by atoms with Crippen LogP contribution in [0.1, 0.15) is 35.9 Å². The lowest BCUT2D eigenvalue weighted by atomic mass is 9.92. The molecule has 6 heteroatoms. The molecule has 2 heterocycles. The number of nitrogens with zero attached hydrogens (tertiary/aromatic N) is 2. The van der Waals surface area contributed by atoms with Gasteiger partial charge in [0, 0.05) is 24.8 Å². The molecule has 1 fully saturated rings. The predicted octanol–water partition coefficient (Wildman–Crippen LogP) is 2.43. The Morgan fingerprint density at radius 1 is 1.45 bits per heavy atom. The summed E-state index contributed by atoms with van der Waals surface area (Å²) < 4.78 is 0. The summed E-state index contributed by atoms with van der Waals surface area (Å²) in [5.41, 5.74) is 7.19. The fourth-order valence-electron chi connectivity index (χ4n) is 2.55. The predicted molar refractivity (Wildman–Crippen MR) is 85.7 cm³/mol. The fourth-order valence-corrected chi connectivity index (χ4v) is 2.55. The Hall–Kier alpha value is -0.840. The molecule has 114 valence electrons. The molecule has 2 rings (SSSR count). The van der Waals surface area contributed by atoms with E-state index in [2.05, 4.69) is 11.9 Å². The van der Waals surface area contributed by atoms with Gasteiger partial charge in [-0.2, -0.15) is 0 Å². The SMILES string of the molecule is Cc1cccc(C(=O)N2CCC(C)CC2CN)n1.Cl.Cl. The Labute approximate surface area is 132 Å². The number of aryl methyl sites for hydroxylation is 1. The minimum atomic E-state index is 0. The number of rotatable bonds is 2. The Bertz CT molecular complexity index is 442. The highest BCUT2D eigenvalue weighted by Crippen LogP contribution is 2.23. The van der Waals surface area contributed by atoms with E-state index in [1.54, 1.807) is 6.07 Å². The minimum Gasteiger partial charge on any atom is -0.333 e. The van der Waals surface area contributed by atoms with E-state index >= 15 is 0 Å². The third-order valence-electron chi connectivity index (χ3n) is 3.62. The lowest BCUT2D eigenvalue weighted by Gasteiger charge is -2.37. The van der Waals surface area contributed by atoms with Crippen molar-refractivity contribution in [3.63, 3.8) is 0 Å². The normalized spacial score (nSPS) is 21.6. The van der Waals surface area contributed by atoms with Crippen molar-refractivity contribution < 1.29 is 4.79 Å². The van der Waals surface area contributed by atoms with Crippen molar-refractivity contribution >= 4 is 30.7 Å². The first-order valence-corrected chi connectivity index (χ1v) is 6.56. The largest absolute Gasteiger partial charge is 0.333 e. The third kappa shape index (κ3) is 4.33. The van der Waals surface area contributed by atoms with Crippen LogP contribution in [0.15, 0.2) is 18.2 Å². The number of carbonyl (C=O) groups excluding carboxylic acids is 1. The zero-order chi connectivity index (χ0) is 13.1. The van der Waals surface area contributed by atoms with E-state index in [0.29, 0.717) is 18.2 Å². The van der Waals surface area contributed by atoms with Crippen LogP contribution >= 0.6 is 24.8 Å². The Morgan fingerprint density at radius 3 is 2.75 bits per heavy atom. The molecule has 2 unspecified atom stereocenters. The van der Waals surface area contributed by atoms with Gasteiger partial charge in [-0.3, -0.25) is 4.79 Å². The molecule has 0 bridgehead atoms. The van der Waals surface area contributed by atoms with E-state index in [1.807, 2.05) is 24.0 Å². The highest BCUT2D eigenvalue weighted by atomic mass is 35.5. The molecule has 1 aromatic rings. The summed E-state index contributed by atoms with van der Waals surface area (Å²) in [6.45, 7) is 5.43. The third-order valence-corrected chi connectivity index (χ3v) is 3.62. The summed E-state index contributed by atoms with van der Waals surface area (Å²) >= 11 is 0. The quantitative estimate of drug-likeness (QED) is 0.910. The highest BCUT2D eigenvalue weighted by Gasteiger charge is 2.29. The Morgan fingerprint density at radius 2 is 2.15 bits per heavy atom. The maximum Gasteiger partial charge on any atom is 0.272 e. The van der Waals surface area contributed by atoms with Crippen molar-refractivity contribution in [3.8, 4) is 0 Å². The maximum absolute atomic E-state index is 12.4. The molecular weight excluding hydrogens is 297 g/mol. The second-order valence-corrected chi connectivity index (χ2v) is 5.18. The van der Waals surface area contributed by atoms with Gasteiger partial charge in [0.15, 0.2) is 0 Å². The number of likely N-dealkylation sites (tertiary alicyclic amines) is 1. The Kier molecular flexibility index (Phi) is 8.09. The number of nitrogens with two attached hydrogens (primary N) is 1. The van der Waals surface area contributed by atoms with Gasteiger partial charge in [-0.1, -0.05) is 13.0 Å². The van der Waals surface area contributed by atoms with Crippen molar-refractivity contribution in [2.24, 2.45) is 11.7 Å². The van der Waals surface area contributed by atoms with Gasteiger partial charge in [0.05, 0.1) is 0 Å². The average Bonchev–Trinajstić information content (AvgIpc) is 2.37. The lowest BCUT2D eigenvalue weighted by molar-refractivity contribution is 0.0567. The van der Waals surface area contributed by atoms with Crippen LogP contribution in [0, 0.1) is 12.8 Å². The standard InChI is InChI=1S/C14H21N3O.2ClH/c1-10-6-7-17(12(8-10)9-15)14(18)13-5-3-4-11(2)16-13;;/h3-5,10,12H,6-9,15H2,1-2H3;2*1H. The zero-order valence-electron chi connectivity index (χ0n) is 11.9. The fraction of sp³-hybridized carbons (Fsp3) is 0.571. The van der Waals surface area contributed by atoms with Crippen LogP contribution in [0.25, 0.3) is 0 Å². The molecule has 1 aliphatic rings. The van der Waals surface area contributed by atoms with Crippen LogP contribution in [0.3, 0.4) is 0 Å². The first kappa shape index (κ1) is 19.2. The number of amides is 1. The van der Waals surface area contributed by atoms with Crippen molar-refractivity contribution in [1.29, 1.82) is 0 Å². The van der Waals surface area contributed by atoms with Crippen LogP contribution < -0.4 is 5.73 Å². The molecule has 1 aromatic heterocycles. The number of halogens is 2. The first-order valence-electron chi connectivity index (χ1n) is 6.56. The summed E-state index contributed by atoms with van der Waals surface area (Å²) in [5.74, 6) is 0.661. The van der Waals surface area contributed by atoms with Crippen molar-refractivity contribution in [3.05, 3.63) is 29.6 Å². The number of pyridine rings is 1. The van der Waals surface area contributed by atoms with Gasteiger partial charge in [-0.25, -0.2) is 4.98 Å². The van der Waals surface area contributed by atoms with Crippen molar-refractivity contribution in [2.45, 2.75) is 32.7 Å². The summed E-state index contributed by atoms with van der Waals surface area (Å²) in [6, 6.07) is 5.71. The molecule has 2 N–H and O–H groups in total. The molecule has 0 saturated carbocycles. The number of aromatic nitrogens is 1.